The van der Waals surface area contributed by atoms with Crippen molar-refractivity contribution in [3.8, 4) is 0 Å². The summed E-state index contributed by atoms with van der Waals surface area (Å²) in [6, 6.07) is 11.0. The fourth-order valence-electron chi connectivity index (χ4n) is 1.37. The second kappa shape index (κ2) is 6.57. The zero-order valence-electron chi connectivity index (χ0n) is 8.87. The van der Waals surface area contributed by atoms with Crippen molar-refractivity contribution in [3.63, 3.8) is 0 Å². The first-order valence-electron chi connectivity index (χ1n) is 5.30. The van der Waals surface area contributed by atoms with Crippen molar-refractivity contribution in [3.05, 3.63) is 35.9 Å². The monoisotopic (exact) mass is 192 g/mol. The first-order chi connectivity index (χ1) is 6.83. The summed E-state index contributed by atoms with van der Waals surface area (Å²) < 4.78 is 0. The lowest BCUT2D eigenvalue weighted by Crippen LogP contribution is -2.33. The molecule has 0 amide bonds. The van der Waals surface area contributed by atoms with Crippen molar-refractivity contribution in [1.82, 2.24) is 5.32 Å². The maximum Gasteiger partial charge on any atom is 0.0161 e. The number of hydrogen-bond donors (Lipinski definition) is 2. The van der Waals surface area contributed by atoms with E-state index in [1.54, 1.807) is 0 Å². The van der Waals surface area contributed by atoms with Gasteiger partial charge in [0, 0.05) is 12.6 Å². The van der Waals surface area contributed by atoms with Gasteiger partial charge in [0.05, 0.1) is 0 Å². The highest BCUT2D eigenvalue weighted by Gasteiger charge is 1.96. The van der Waals surface area contributed by atoms with Gasteiger partial charge in [0.2, 0.25) is 0 Å². The average Bonchev–Trinajstić information content (AvgIpc) is 2.25. The maximum absolute atomic E-state index is 5.50. The predicted molar refractivity (Wildman–Crippen MR) is 61.3 cm³/mol. The molecule has 78 valence electrons. The van der Waals surface area contributed by atoms with Crippen LogP contribution in [0, 0.1) is 0 Å². The van der Waals surface area contributed by atoms with Gasteiger partial charge in [-0.3, -0.25) is 0 Å². The molecule has 1 atom stereocenters. The lowest BCUT2D eigenvalue weighted by Gasteiger charge is -2.10. The van der Waals surface area contributed by atoms with Gasteiger partial charge in [-0.25, -0.2) is 0 Å². The van der Waals surface area contributed by atoms with Crippen molar-refractivity contribution in [2.24, 2.45) is 5.73 Å². The molecule has 0 aromatic heterocycles. The van der Waals surface area contributed by atoms with Gasteiger partial charge in [0.1, 0.15) is 0 Å². The molecule has 0 saturated carbocycles. The summed E-state index contributed by atoms with van der Waals surface area (Å²) in [5.41, 5.74) is 6.91. The van der Waals surface area contributed by atoms with E-state index < -0.39 is 0 Å². The Balaban J connectivity index is 2.10. The summed E-state index contributed by atoms with van der Waals surface area (Å²) in [6.07, 6.45) is 2.32. The van der Waals surface area contributed by atoms with Crippen LogP contribution in [-0.2, 0) is 6.42 Å². The van der Waals surface area contributed by atoms with E-state index in [2.05, 4.69) is 42.6 Å². The molecule has 2 nitrogen and oxygen atoms in total. The molecule has 0 radical (unpaired) electrons. The smallest absolute Gasteiger partial charge is 0.0161 e. The van der Waals surface area contributed by atoms with Crippen molar-refractivity contribution in [2.75, 3.05) is 13.1 Å². The van der Waals surface area contributed by atoms with Crippen LogP contribution in [-0.4, -0.2) is 19.1 Å². The number of aryl methyl sites for hydroxylation is 1. The van der Waals surface area contributed by atoms with Crippen molar-refractivity contribution >= 4 is 0 Å². The molecule has 0 bridgehead atoms. The van der Waals surface area contributed by atoms with Gasteiger partial charge in [-0.2, -0.15) is 0 Å². The molecule has 3 N–H and O–H groups in total. The molecule has 1 rings (SSSR count). The minimum absolute atomic E-state index is 0.436. The van der Waals surface area contributed by atoms with Crippen LogP contribution in [0.1, 0.15) is 18.9 Å². The quantitative estimate of drug-likeness (QED) is 0.671. The van der Waals surface area contributed by atoms with Gasteiger partial charge in [0.15, 0.2) is 0 Å². The lowest BCUT2D eigenvalue weighted by atomic mass is 10.1. The highest BCUT2D eigenvalue weighted by Crippen LogP contribution is 2.01. The number of hydrogen-bond acceptors (Lipinski definition) is 2. The molecule has 0 unspecified atom stereocenters. The Labute approximate surface area is 86.5 Å². The first kappa shape index (κ1) is 11.2. The van der Waals surface area contributed by atoms with E-state index >= 15 is 0 Å². The zero-order valence-corrected chi connectivity index (χ0v) is 8.87. The largest absolute Gasteiger partial charge is 0.329 e. The van der Waals surface area contributed by atoms with Gasteiger partial charge in [-0.1, -0.05) is 30.3 Å². The summed E-state index contributed by atoms with van der Waals surface area (Å²) in [5, 5.41) is 3.38. The molecule has 0 aliphatic carbocycles. The van der Waals surface area contributed by atoms with Crippen LogP contribution in [0.2, 0.25) is 0 Å². The third kappa shape index (κ3) is 4.40. The molecule has 0 heterocycles. The average molecular weight is 192 g/mol. The molecule has 14 heavy (non-hydrogen) atoms. The van der Waals surface area contributed by atoms with Crippen molar-refractivity contribution < 1.29 is 0 Å². The van der Waals surface area contributed by atoms with Crippen LogP contribution in [0.15, 0.2) is 30.3 Å². The third-order valence-electron chi connectivity index (χ3n) is 2.33. The summed E-state index contributed by atoms with van der Waals surface area (Å²) in [7, 11) is 0. The standard InChI is InChI=1S/C12H20N2/c1-11(10-13)14-9-5-8-12-6-3-2-4-7-12/h2-4,6-7,11,14H,5,8-10,13H2,1H3/t11-/m1/s1. The zero-order chi connectivity index (χ0) is 10.2. The van der Waals surface area contributed by atoms with Gasteiger partial charge >= 0.3 is 0 Å². The van der Waals surface area contributed by atoms with Crippen LogP contribution < -0.4 is 11.1 Å². The van der Waals surface area contributed by atoms with Crippen LogP contribution in [0.25, 0.3) is 0 Å². The van der Waals surface area contributed by atoms with Gasteiger partial charge in [-0.15, -0.1) is 0 Å². The molecule has 0 saturated heterocycles. The lowest BCUT2D eigenvalue weighted by molar-refractivity contribution is 0.543. The van der Waals surface area contributed by atoms with Crippen LogP contribution in [0.4, 0.5) is 0 Å². The second-order valence-corrected chi connectivity index (χ2v) is 3.68. The van der Waals surface area contributed by atoms with E-state index in [0.29, 0.717) is 12.6 Å². The number of benzene rings is 1. The van der Waals surface area contributed by atoms with Gasteiger partial charge < -0.3 is 11.1 Å². The van der Waals surface area contributed by atoms with E-state index in [4.69, 9.17) is 5.73 Å². The van der Waals surface area contributed by atoms with Crippen LogP contribution in [0.3, 0.4) is 0 Å². The van der Waals surface area contributed by atoms with E-state index in [1.165, 1.54) is 12.0 Å². The Morgan fingerprint density at radius 1 is 1.29 bits per heavy atom. The molecular formula is C12H20N2. The SMILES string of the molecule is C[C@H](CN)NCCCc1ccccc1. The molecule has 0 fully saturated rings. The van der Waals surface area contributed by atoms with E-state index in [0.717, 1.165) is 13.0 Å². The molecule has 1 aromatic carbocycles. The second-order valence-electron chi connectivity index (χ2n) is 3.68. The Bertz CT molecular complexity index is 233. The molecule has 0 aliphatic heterocycles. The molecule has 0 spiro atoms. The Hall–Kier alpha value is -0.860. The normalized spacial score (nSPS) is 12.7. The Morgan fingerprint density at radius 3 is 2.64 bits per heavy atom. The summed E-state index contributed by atoms with van der Waals surface area (Å²) in [6.45, 7) is 3.88. The minimum atomic E-state index is 0.436. The molecular weight excluding hydrogens is 172 g/mol. The third-order valence-corrected chi connectivity index (χ3v) is 2.33. The predicted octanol–water partition coefficient (Wildman–Crippen LogP) is 1.56. The van der Waals surface area contributed by atoms with Crippen molar-refractivity contribution in [2.45, 2.75) is 25.8 Å². The number of nitrogens with two attached hydrogens (primary N) is 1. The summed E-state index contributed by atoms with van der Waals surface area (Å²) >= 11 is 0. The van der Waals surface area contributed by atoms with Crippen molar-refractivity contribution in [1.29, 1.82) is 0 Å². The number of nitrogens with one attached hydrogen (secondary N) is 1. The highest BCUT2D eigenvalue weighted by atomic mass is 14.9. The minimum Gasteiger partial charge on any atom is -0.329 e. The Morgan fingerprint density at radius 2 is 2.00 bits per heavy atom. The maximum atomic E-state index is 5.50. The van der Waals surface area contributed by atoms with E-state index in [9.17, 15) is 0 Å². The molecule has 0 aliphatic rings. The van der Waals surface area contributed by atoms with Gasteiger partial charge in [-0.05, 0) is 31.9 Å². The molecule has 1 aromatic rings. The summed E-state index contributed by atoms with van der Waals surface area (Å²) in [4.78, 5) is 0. The molecule has 2 heteroatoms. The fraction of sp³-hybridized carbons (Fsp3) is 0.500. The van der Waals surface area contributed by atoms with E-state index in [-0.39, 0.29) is 0 Å². The van der Waals surface area contributed by atoms with Crippen LogP contribution in [0.5, 0.6) is 0 Å². The topological polar surface area (TPSA) is 38.0 Å². The summed E-state index contributed by atoms with van der Waals surface area (Å²) in [5.74, 6) is 0. The Kier molecular flexibility index (Phi) is 5.27. The highest BCUT2D eigenvalue weighted by molar-refractivity contribution is 5.14. The van der Waals surface area contributed by atoms with Gasteiger partial charge in [0.25, 0.3) is 0 Å². The number of rotatable bonds is 6. The fourth-order valence-corrected chi connectivity index (χ4v) is 1.37. The van der Waals surface area contributed by atoms with E-state index in [1.807, 2.05) is 0 Å². The van der Waals surface area contributed by atoms with Crippen LogP contribution >= 0.6 is 0 Å². The first-order valence-corrected chi connectivity index (χ1v) is 5.30.